The van der Waals surface area contributed by atoms with Crippen molar-refractivity contribution in [1.29, 1.82) is 0 Å². The standard InChI is InChI=1S/C20H22N2O2/c1-22(2)15-18-14-21-19(24-18)20(23,17-12-8-5-9-13-17)16-10-6-3-4-7-11-16/h3-6,8-14,23H,7,15H2,1-2H3. The van der Waals surface area contributed by atoms with Crippen LogP contribution in [0.2, 0.25) is 0 Å². The number of hydrogen-bond donors (Lipinski definition) is 1. The normalized spacial score (nSPS) is 16.8. The topological polar surface area (TPSA) is 49.5 Å². The van der Waals surface area contributed by atoms with E-state index < -0.39 is 5.60 Å². The third kappa shape index (κ3) is 3.25. The van der Waals surface area contributed by atoms with Crippen LogP contribution in [0.25, 0.3) is 0 Å². The Bertz CT molecular complexity index is 772. The van der Waals surface area contributed by atoms with Crippen LogP contribution in [0.3, 0.4) is 0 Å². The lowest BCUT2D eigenvalue weighted by Crippen LogP contribution is -2.29. The Kier molecular flexibility index (Phi) is 4.79. The summed E-state index contributed by atoms with van der Waals surface area (Å²) in [5.74, 6) is 1.02. The summed E-state index contributed by atoms with van der Waals surface area (Å²) < 4.78 is 5.91. The molecule has 1 aromatic heterocycles. The van der Waals surface area contributed by atoms with E-state index in [2.05, 4.69) is 4.98 Å². The molecule has 0 aliphatic heterocycles. The van der Waals surface area contributed by atoms with Gasteiger partial charge in [0.2, 0.25) is 5.89 Å². The van der Waals surface area contributed by atoms with Gasteiger partial charge in [-0.1, -0.05) is 60.7 Å². The van der Waals surface area contributed by atoms with Crippen molar-refractivity contribution in [2.24, 2.45) is 0 Å². The van der Waals surface area contributed by atoms with E-state index in [1.165, 1.54) is 0 Å². The van der Waals surface area contributed by atoms with E-state index in [1.807, 2.05) is 79.7 Å². The maximum absolute atomic E-state index is 11.6. The Balaban J connectivity index is 2.09. The van der Waals surface area contributed by atoms with Crippen molar-refractivity contribution in [3.63, 3.8) is 0 Å². The summed E-state index contributed by atoms with van der Waals surface area (Å²) in [6.07, 6.45) is 12.3. The maximum Gasteiger partial charge on any atom is 0.236 e. The third-order valence-electron chi connectivity index (χ3n) is 3.94. The van der Waals surface area contributed by atoms with Gasteiger partial charge < -0.3 is 14.4 Å². The second kappa shape index (κ2) is 6.99. The van der Waals surface area contributed by atoms with Crippen LogP contribution in [0.4, 0.5) is 0 Å². The Labute approximate surface area is 142 Å². The molecule has 0 saturated carbocycles. The van der Waals surface area contributed by atoms with Crippen molar-refractivity contribution >= 4 is 0 Å². The van der Waals surface area contributed by atoms with Crippen molar-refractivity contribution in [3.05, 3.63) is 89.7 Å². The lowest BCUT2D eigenvalue weighted by Gasteiger charge is -2.27. The van der Waals surface area contributed by atoms with Gasteiger partial charge in [0.25, 0.3) is 0 Å². The second-order valence-corrected chi connectivity index (χ2v) is 6.13. The van der Waals surface area contributed by atoms with Gasteiger partial charge in [-0.15, -0.1) is 0 Å². The van der Waals surface area contributed by atoms with Gasteiger partial charge in [-0.05, 0) is 31.7 Å². The first kappa shape index (κ1) is 16.4. The van der Waals surface area contributed by atoms with Gasteiger partial charge in [0.15, 0.2) is 5.60 Å². The molecular weight excluding hydrogens is 300 g/mol. The van der Waals surface area contributed by atoms with Gasteiger partial charge in [0, 0.05) is 0 Å². The average molecular weight is 322 g/mol. The summed E-state index contributed by atoms with van der Waals surface area (Å²) in [7, 11) is 3.93. The molecule has 4 nitrogen and oxygen atoms in total. The molecule has 4 heteroatoms. The molecule has 1 atom stereocenters. The average Bonchev–Trinajstić information content (AvgIpc) is 2.87. The van der Waals surface area contributed by atoms with E-state index in [4.69, 9.17) is 4.42 Å². The largest absolute Gasteiger partial charge is 0.441 e. The highest BCUT2D eigenvalue weighted by molar-refractivity contribution is 5.45. The van der Waals surface area contributed by atoms with Gasteiger partial charge in [0.05, 0.1) is 12.7 Å². The molecule has 2 aromatic rings. The number of aliphatic hydroxyl groups is 1. The Hall–Kier alpha value is -2.43. The van der Waals surface area contributed by atoms with Crippen LogP contribution in [-0.4, -0.2) is 29.1 Å². The molecular formula is C20H22N2O2. The fourth-order valence-corrected chi connectivity index (χ4v) is 2.80. The van der Waals surface area contributed by atoms with E-state index in [1.54, 1.807) is 6.20 Å². The number of allylic oxidation sites excluding steroid dienone is 4. The molecule has 0 fully saturated rings. The minimum absolute atomic E-state index is 0.295. The second-order valence-electron chi connectivity index (χ2n) is 6.13. The Morgan fingerprint density at radius 1 is 1.21 bits per heavy atom. The number of nitrogens with zero attached hydrogens (tertiary/aromatic N) is 2. The molecule has 1 aromatic carbocycles. The van der Waals surface area contributed by atoms with Crippen LogP contribution in [0, 0.1) is 0 Å². The zero-order valence-corrected chi connectivity index (χ0v) is 14.0. The first-order valence-corrected chi connectivity index (χ1v) is 8.02. The fraction of sp³-hybridized carbons (Fsp3) is 0.250. The van der Waals surface area contributed by atoms with E-state index in [-0.39, 0.29) is 0 Å². The highest BCUT2D eigenvalue weighted by atomic mass is 16.4. The monoisotopic (exact) mass is 322 g/mol. The molecule has 0 saturated heterocycles. The molecule has 0 bridgehead atoms. The summed E-state index contributed by atoms with van der Waals surface area (Å²) in [5.41, 5.74) is 0.0898. The van der Waals surface area contributed by atoms with Gasteiger partial charge in [-0.2, -0.15) is 0 Å². The molecule has 1 unspecified atom stereocenters. The summed E-state index contributed by atoms with van der Waals surface area (Å²) in [6.45, 7) is 0.633. The van der Waals surface area contributed by atoms with E-state index >= 15 is 0 Å². The number of rotatable bonds is 5. The summed E-state index contributed by atoms with van der Waals surface area (Å²) in [4.78, 5) is 6.39. The molecule has 1 aliphatic rings. The minimum Gasteiger partial charge on any atom is -0.441 e. The van der Waals surface area contributed by atoms with Crippen LogP contribution in [0.5, 0.6) is 0 Å². The molecule has 1 aliphatic carbocycles. The van der Waals surface area contributed by atoms with E-state index in [9.17, 15) is 5.11 Å². The molecule has 1 heterocycles. The predicted molar refractivity (Wildman–Crippen MR) is 94.3 cm³/mol. The first-order chi connectivity index (χ1) is 11.6. The van der Waals surface area contributed by atoms with Crippen LogP contribution in [-0.2, 0) is 12.1 Å². The van der Waals surface area contributed by atoms with Crippen LogP contribution < -0.4 is 0 Å². The minimum atomic E-state index is -1.41. The van der Waals surface area contributed by atoms with E-state index in [0.29, 0.717) is 12.4 Å². The SMILES string of the molecule is CN(C)Cc1cnc(C(O)(C2=CCC=CC=C2)c2ccccc2)o1. The number of hydrogen-bond acceptors (Lipinski definition) is 4. The molecule has 0 amide bonds. The molecule has 3 rings (SSSR count). The smallest absolute Gasteiger partial charge is 0.236 e. The van der Waals surface area contributed by atoms with Gasteiger partial charge in [0.1, 0.15) is 5.76 Å². The van der Waals surface area contributed by atoms with Crippen molar-refractivity contribution in [3.8, 4) is 0 Å². The molecule has 24 heavy (non-hydrogen) atoms. The summed E-state index contributed by atoms with van der Waals surface area (Å²) in [6, 6.07) is 9.52. The number of benzene rings is 1. The van der Waals surface area contributed by atoms with Crippen molar-refractivity contribution in [2.45, 2.75) is 18.6 Å². The van der Waals surface area contributed by atoms with E-state index in [0.717, 1.165) is 23.3 Å². The van der Waals surface area contributed by atoms with Crippen LogP contribution in [0.15, 0.2) is 76.9 Å². The zero-order chi connectivity index (χ0) is 17.0. The molecule has 1 N–H and O–H groups in total. The lowest BCUT2D eigenvalue weighted by atomic mass is 9.85. The number of aromatic nitrogens is 1. The van der Waals surface area contributed by atoms with Crippen molar-refractivity contribution < 1.29 is 9.52 Å². The molecule has 124 valence electrons. The van der Waals surface area contributed by atoms with Crippen molar-refractivity contribution in [2.75, 3.05) is 14.1 Å². The summed E-state index contributed by atoms with van der Waals surface area (Å²) in [5, 5.41) is 11.6. The third-order valence-corrected chi connectivity index (χ3v) is 3.94. The highest BCUT2D eigenvalue weighted by Crippen LogP contribution is 2.37. The van der Waals surface area contributed by atoms with Gasteiger partial charge in [-0.3, -0.25) is 0 Å². The van der Waals surface area contributed by atoms with Crippen molar-refractivity contribution in [1.82, 2.24) is 9.88 Å². The predicted octanol–water partition coefficient (Wildman–Crippen LogP) is 3.41. The highest BCUT2D eigenvalue weighted by Gasteiger charge is 2.39. The fourth-order valence-electron chi connectivity index (χ4n) is 2.80. The quantitative estimate of drug-likeness (QED) is 0.916. The molecule has 0 radical (unpaired) electrons. The van der Waals surface area contributed by atoms with Gasteiger partial charge >= 0.3 is 0 Å². The van der Waals surface area contributed by atoms with Crippen LogP contribution in [0.1, 0.15) is 23.6 Å². The maximum atomic E-state index is 11.6. The zero-order valence-electron chi connectivity index (χ0n) is 14.0. The Morgan fingerprint density at radius 2 is 2.00 bits per heavy atom. The van der Waals surface area contributed by atoms with Crippen LogP contribution >= 0.6 is 0 Å². The number of oxazole rings is 1. The Morgan fingerprint density at radius 3 is 2.75 bits per heavy atom. The molecule has 0 spiro atoms. The first-order valence-electron chi connectivity index (χ1n) is 8.02. The summed E-state index contributed by atoms with van der Waals surface area (Å²) >= 11 is 0. The van der Waals surface area contributed by atoms with Gasteiger partial charge in [-0.25, -0.2) is 4.98 Å². The lowest BCUT2D eigenvalue weighted by molar-refractivity contribution is 0.0894.